The van der Waals surface area contributed by atoms with Gasteiger partial charge in [0.25, 0.3) is 5.56 Å². The van der Waals surface area contributed by atoms with Crippen molar-refractivity contribution in [3.8, 4) is 0 Å². The Balaban J connectivity index is 1.76. The van der Waals surface area contributed by atoms with Crippen LogP contribution in [0.5, 0.6) is 0 Å². The van der Waals surface area contributed by atoms with Crippen molar-refractivity contribution in [3.05, 3.63) is 81.4 Å². The SMILES string of the molecule is CCC(C)(C)n1nnnc1C(c1cc2cccc(C)c2[nH]c1=O)N1CCc2ccccc21. The number of benzene rings is 2. The zero-order chi connectivity index (χ0) is 22.5. The van der Waals surface area contributed by atoms with Gasteiger partial charge in [0, 0.05) is 17.8 Å². The molecule has 0 fully saturated rings. The van der Waals surface area contributed by atoms with Crippen LogP contribution in [0.2, 0.25) is 0 Å². The average molecular weight is 429 g/mol. The first-order valence-corrected chi connectivity index (χ1v) is 11.2. The molecule has 0 amide bonds. The number of nitrogens with zero attached hydrogens (tertiary/aromatic N) is 5. The number of tetrazole rings is 1. The first kappa shape index (κ1) is 20.4. The molecule has 4 aromatic rings. The molecule has 7 heteroatoms. The van der Waals surface area contributed by atoms with Crippen molar-refractivity contribution in [2.24, 2.45) is 0 Å². The zero-order valence-corrected chi connectivity index (χ0v) is 19.0. The van der Waals surface area contributed by atoms with Gasteiger partial charge in [-0.1, -0.05) is 43.3 Å². The Hall–Kier alpha value is -3.48. The summed E-state index contributed by atoms with van der Waals surface area (Å²) in [5.41, 5.74) is 4.59. The molecule has 2 aromatic carbocycles. The molecule has 2 aromatic heterocycles. The summed E-state index contributed by atoms with van der Waals surface area (Å²) in [6.45, 7) is 9.17. The maximum Gasteiger partial charge on any atom is 0.254 e. The number of aromatic nitrogens is 5. The normalized spacial score (nSPS) is 14.7. The number of para-hydroxylation sites is 2. The second-order valence-electron chi connectivity index (χ2n) is 9.18. The fraction of sp³-hybridized carbons (Fsp3) is 0.360. The third kappa shape index (κ3) is 3.20. The third-order valence-electron chi connectivity index (χ3n) is 6.82. The molecule has 5 rings (SSSR count). The van der Waals surface area contributed by atoms with Gasteiger partial charge in [-0.15, -0.1) is 5.10 Å². The molecule has 0 radical (unpaired) electrons. The van der Waals surface area contributed by atoms with Crippen LogP contribution >= 0.6 is 0 Å². The van der Waals surface area contributed by atoms with Crippen LogP contribution in [0.3, 0.4) is 0 Å². The topological polar surface area (TPSA) is 79.7 Å². The summed E-state index contributed by atoms with van der Waals surface area (Å²) in [6, 6.07) is 16.1. The van der Waals surface area contributed by atoms with Crippen molar-refractivity contribution in [2.45, 2.75) is 52.1 Å². The maximum atomic E-state index is 13.5. The van der Waals surface area contributed by atoms with E-state index in [4.69, 9.17) is 0 Å². The Kier molecular flexibility index (Phi) is 4.84. The second kappa shape index (κ2) is 7.58. The van der Waals surface area contributed by atoms with Gasteiger partial charge in [0.05, 0.1) is 11.1 Å². The first-order valence-electron chi connectivity index (χ1n) is 11.2. The molecule has 1 atom stereocenters. The molecule has 1 aliphatic rings. The molecule has 0 bridgehead atoms. The number of pyridine rings is 1. The van der Waals surface area contributed by atoms with Crippen LogP contribution in [0, 0.1) is 6.92 Å². The van der Waals surface area contributed by atoms with Crippen LogP contribution in [-0.4, -0.2) is 31.7 Å². The molecule has 1 N–H and O–H groups in total. The molecule has 0 aliphatic carbocycles. The van der Waals surface area contributed by atoms with Crippen molar-refractivity contribution >= 4 is 16.6 Å². The highest BCUT2D eigenvalue weighted by molar-refractivity contribution is 5.82. The highest BCUT2D eigenvalue weighted by Gasteiger charge is 2.36. The van der Waals surface area contributed by atoms with Crippen LogP contribution in [0.15, 0.2) is 53.3 Å². The lowest BCUT2D eigenvalue weighted by atomic mass is 9.99. The minimum Gasteiger partial charge on any atom is -0.357 e. The number of aryl methyl sites for hydroxylation is 1. The lowest BCUT2D eigenvalue weighted by molar-refractivity contribution is 0.287. The van der Waals surface area contributed by atoms with E-state index in [2.05, 4.69) is 64.4 Å². The number of fused-ring (bicyclic) bond motifs is 2. The van der Waals surface area contributed by atoms with Crippen LogP contribution < -0.4 is 10.5 Å². The molecule has 3 heterocycles. The van der Waals surface area contributed by atoms with Crippen LogP contribution in [-0.2, 0) is 12.0 Å². The van der Waals surface area contributed by atoms with Crippen molar-refractivity contribution in [1.29, 1.82) is 0 Å². The van der Waals surface area contributed by atoms with Crippen molar-refractivity contribution < 1.29 is 0 Å². The van der Waals surface area contributed by atoms with Crippen LogP contribution in [0.4, 0.5) is 5.69 Å². The zero-order valence-electron chi connectivity index (χ0n) is 19.0. The van der Waals surface area contributed by atoms with Crippen LogP contribution in [0.1, 0.15) is 55.7 Å². The van der Waals surface area contributed by atoms with Gasteiger partial charge in [-0.3, -0.25) is 4.79 Å². The molecule has 32 heavy (non-hydrogen) atoms. The minimum absolute atomic E-state index is 0.106. The number of nitrogens with one attached hydrogen (secondary N) is 1. The van der Waals surface area contributed by atoms with E-state index in [0.717, 1.165) is 41.5 Å². The van der Waals surface area contributed by atoms with E-state index in [1.54, 1.807) is 0 Å². The smallest absolute Gasteiger partial charge is 0.254 e. The molecule has 1 unspecified atom stereocenters. The summed E-state index contributed by atoms with van der Waals surface area (Å²) >= 11 is 0. The Morgan fingerprint density at radius 2 is 1.97 bits per heavy atom. The van der Waals surface area contributed by atoms with E-state index in [9.17, 15) is 4.79 Å². The lowest BCUT2D eigenvalue weighted by Crippen LogP contribution is -2.37. The van der Waals surface area contributed by atoms with Gasteiger partial charge in [-0.25, -0.2) is 4.68 Å². The summed E-state index contributed by atoms with van der Waals surface area (Å²) in [6.07, 6.45) is 1.79. The van der Waals surface area contributed by atoms with Gasteiger partial charge < -0.3 is 9.88 Å². The quantitative estimate of drug-likeness (QED) is 0.517. The van der Waals surface area contributed by atoms with E-state index in [0.29, 0.717) is 11.4 Å². The Labute approximate surface area is 187 Å². The summed E-state index contributed by atoms with van der Waals surface area (Å²) in [4.78, 5) is 18.9. The van der Waals surface area contributed by atoms with Gasteiger partial charge in [0.1, 0.15) is 6.04 Å². The summed E-state index contributed by atoms with van der Waals surface area (Å²) in [7, 11) is 0. The molecular formula is C25H28N6O. The third-order valence-corrected chi connectivity index (χ3v) is 6.82. The highest BCUT2D eigenvalue weighted by Crippen LogP contribution is 2.38. The molecular weight excluding hydrogens is 400 g/mol. The van der Waals surface area contributed by atoms with E-state index in [1.165, 1.54) is 5.56 Å². The molecule has 0 saturated heterocycles. The predicted molar refractivity (Wildman–Crippen MR) is 126 cm³/mol. The van der Waals surface area contributed by atoms with E-state index in [1.807, 2.05) is 41.9 Å². The molecule has 0 saturated carbocycles. The van der Waals surface area contributed by atoms with Crippen molar-refractivity contribution in [2.75, 3.05) is 11.4 Å². The standard InChI is InChI=1S/C25H28N6O/c1-5-25(3,4)31-23(27-28-29-31)22(30-14-13-17-10-6-7-12-20(17)30)19-15-18-11-8-9-16(2)21(18)26-24(19)32/h6-12,15,22H,5,13-14H2,1-4H3,(H,26,32). The number of rotatable bonds is 5. The first-order chi connectivity index (χ1) is 15.4. The Morgan fingerprint density at radius 3 is 2.78 bits per heavy atom. The molecule has 1 aliphatic heterocycles. The second-order valence-corrected chi connectivity index (χ2v) is 9.18. The Morgan fingerprint density at radius 1 is 1.16 bits per heavy atom. The number of anilines is 1. The fourth-order valence-corrected chi connectivity index (χ4v) is 4.63. The van der Waals surface area contributed by atoms with E-state index in [-0.39, 0.29) is 11.1 Å². The van der Waals surface area contributed by atoms with E-state index < -0.39 is 6.04 Å². The van der Waals surface area contributed by atoms with Crippen LogP contribution in [0.25, 0.3) is 10.9 Å². The van der Waals surface area contributed by atoms with Gasteiger partial charge in [0.2, 0.25) is 0 Å². The Bertz CT molecular complexity index is 1350. The number of hydrogen-bond acceptors (Lipinski definition) is 5. The average Bonchev–Trinajstić information content (AvgIpc) is 3.44. The van der Waals surface area contributed by atoms with Crippen molar-refractivity contribution in [3.63, 3.8) is 0 Å². The molecule has 7 nitrogen and oxygen atoms in total. The highest BCUT2D eigenvalue weighted by atomic mass is 16.1. The number of hydrogen-bond donors (Lipinski definition) is 1. The summed E-state index contributed by atoms with van der Waals surface area (Å²) in [5.74, 6) is 0.686. The largest absolute Gasteiger partial charge is 0.357 e. The minimum atomic E-state index is -0.395. The number of H-pyrrole nitrogens is 1. The van der Waals surface area contributed by atoms with Gasteiger partial charge >= 0.3 is 0 Å². The van der Waals surface area contributed by atoms with Crippen molar-refractivity contribution in [1.82, 2.24) is 25.2 Å². The lowest BCUT2D eigenvalue weighted by Gasteiger charge is -2.32. The summed E-state index contributed by atoms with van der Waals surface area (Å²) < 4.78 is 1.89. The van der Waals surface area contributed by atoms with Gasteiger partial charge in [-0.05, 0) is 72.7 Å². The van der Waals surface area contributed by atoms with Gasteiger partial charge in [0.15, 0.2) is 5.82 Å². The monoisotopic (exact) mass is 428 g/mol. The molecule has 164 valence electrons. The summed E-state index contributed by atoms with van der Waals surface area (Å²) in [5, 5.41) is 13.9. The molecule has 0 spiro atoms. The maximum absolute atomic E-state index is 13.5. The van der Waals surface area contributed by atoms with Gasteiger partial charge in [-0.2, -0.15) is 0 Å². The predicted octanol–water partition coefficient (Wildman–Crippen LogP) is 4.12. The number of aromatic amines is 1. The fourth-order valence-electron chi connectivity index (χ4n) is 4.63. The van der Waals surface area contributed by atoms with E-state index >= 15 is 0 Å².